The smallest absolute Gasteiger partial charge is 0.329 e. The van der Waals surface area contributed by atoms with Gasteiger partial charge in [0, 0.05) is 52.9 Å². The zero-order valence-electron chi connectivity index (χ0n) is 18.7. The van der Waals surface area contributed by atoms with Gasteiger partial charge >= 0.3 is 5.69 Å². The minimum absolute atomic E-state index is 0.401. The van der Waals surface area contributed by atoms with Crippen molar-refractivity contribution in [3.05, 3.63) is 62.8 Å². The van der Waals surface area contributed by atoms with Gasteiger partial charge in [0.2, 0.25) is 5.95 Å². The van der Waals surface area contributed by atoms with Crippen molar-refractivity contribution >= 4 is 23.2 Å². The van der Waals surface area contributed by atoms with Gasteiger partial charge in [0.25, 0.3) is 5.56 Å². The molecule has 9 heteroatoms. The van der Waals surface area contributed by atoms with Crippen LogP contribution in [0.15, 0.2) is 46.0 Å². The van der Waals surface area contributed by atoms with Crippen LogP contribution in [0.3, 0.4) is 0 Å². The Bertz CT molecular complexity index is 1190. The molecule has 32 heavy (non-hydrogen) atoms. The average molecular weight is 439 g/mol. The summed E-state index contributed by atoms with van der Waals surface area (Å²) in [7, 11) is 1.63. The molecule has 1 saturated heterocycles. The first-order chi connectivity index (χ1) is 15.6. The summed E-state index contributed by atoms with van der Waals surface area (Å²) in [5.41, 5.74) is 1.14. The van der Waals surface area contributed by atoms with Gasteiger partial charge in [-0.3, -0.25) is 19.2 Å². The molecule has 0 atom stereocenters. The maximum absolute atomic E-state index is 12.6. The lowest BCUT2D eigenvalue weighted by molar-refractivity contribution is 0.140. The normalized spacial score (nSPS) is 15.2. The monoisotopic (exact) mass is 438 g/mol. The molecule has 0 amide bonds. The number of benzene rings is 1. The topological polar surface area (TPSA) is 88.4 Å². The van der Waals surface area contributed by atoms with E-state index in [1.165, 1.54) is 10.1 Å². The highest BCUT2D eigenvalue weighted by Crippen LogP contribution is 2.21. The van der Waals surface area contributed by atoms with Gasteiger partial charge in [-0.1, -0.05) is 42.5 Å². The van der Waals surface area contributed by atoms with Crippen molar-refractivity contribution in [3.8, 4) is 0 Å². The molecule has 0 bridgehead atoms. The molecule has 0 spiro atoms. The fourth-order valence-corrected chi connectivity index (χ4v) is 4.01. The number of aromatic amines is 1. The molecule has 1 aromatic carbocycles. The summed E-state index contributed by atoms with van der Waals surface area (Å²) in [4.78, 5) is 36.3. The van der Waals surface area contributed by atoms with Crippen molar-refractivity contribution in [2.24, 2.45) is 7.05 Å². The number of aromatic nitrogens is 4. The maximum Gasteiger partial charge on any atom is 0.329 e. The van der Waals surface area contributed by atoms with E-state index in [4.69, 9.17) is 9.72 Å². The van der Waals surface area contributed by atoms with Gasteiger partial charge < -0.3 is 14.2 Å². The lowest BCUT2D eigenvalue weighted by Gasteiger charge is -2.35. The summed E-state index contributed by atoms with van der Waals surface area (Å²) in [6.45, 7) is 7.78. The first-order valence-corrected chi connectivity index (χ1v) is 11.0. The summed E-state index contributed by atoms with van der Waals surface area (Å²) in [6.07, 6.45) is 4.34. The first-order valence-electron chi connectivity index (χ1n) is 11.0. The lowest BCUT2D eigenvalue weighted by Crippen LogP contribution is -2.47. The van der Waals surface area contributed by atoms with Crippen molar-refractivity contribution in [2.75, 3.05) is 50.8 Å². The fourth-order valence-electron chi connectivity index (χ4n) is 4.01. The molecule has 170 valence electrons. The van der Waals surface area contributed by atoms with Crippen molar-refractivity contribution < 1.29 is 4.74 Å². The quantitative estimate of drug-likeness (QED) is 0.534. The largest absolute Gasteiger partial charge is 0.380 e. The molecule has 1 N–H and O–H groups in total. The highest BCUT2D eigenvalue weighted by atomic mass is 16.5. The molecule has 0 aliphatic carbocycles. The standard InChI is InChI=1S/C23H30N6O3/c1-3-32-17-16-29-19-20(26(2)23(31)25-21(19)30)24-22(29)28-14-12-27(13-15-28)11-7-10-18-8-5-4-6-9-18/h4-10H,3,11-17H2,1-2H3,(H,25,30,31)/b10-7-. The molecular formula is C23H30N6O3. The number of aryl methyl sites for hydroxylation is 1. The van der Waals surface area contributed by atoms with E-state index in [2.05, 4.69) is 39.1 Å². The number of nitrogens with one attached hydrogen (secondary N) is 1. The average Bonchev–Trinajstić information content (AvgIpc) is 3.19. The molecular weight excluding hydrogens is 408 g/mol. The van der Waals surface area contributed by atoms with Gasteiger partial charge in [-0.15, -0.1) is 0 Å². The Hall–Kier alpha value is -3.17. The predicted molar refractivity (Wildman–Crippen MR) is 126 cm³/mol. The highest BCUT2D eigenvalue weighted by molar-refractivity contribution is 5.74. The third-order valence-electron chi connectivity index (χ3n) is 5.78. The van der Waals surface area contributed by atoms with Crippen molar-refractivity contribution in [1.82, 2.24) is 24.0 Å². The fraction of sp³-hybridized carbons (Fsp3) is 0.435. The summed E-state index contributed by atoms with van der Waals surface area (Å²) in [5.74, 6) is 0.714. The molecule has 0 saturated carbocycles. The highest BCUT2D eigenvalue weighted by Gasteiger charge is 2.24. The second-order valence-electron chi connectivity index (χ2n) is 7.85. The second-order valence-corrected chi connectivity index (χ2v) is 7.85. The van der Waals surface area contributed by atoms with Crippen LogP contribution in [-0.2, 0) is 18.3 Å². The van der Waals surface area contributed by atoms with Gasteiger partial charge in [0.15, 0.2) is 11.2 Å². The van der Waals surface area contributed by atoms with E-state index in [1.54, 1.807) is 7.05 Å². The van der Waals surface area contributed by atoms with Gasteiger partial charge in [0.05, 0.1) is 6.61 Å². The maximum atomic E-state index is 12.6. The molecule has 4 rings (SSSR count). The molecule has 1 aliphatic heterocycles. The summed E-state index contributed by atoms with van der Waals surface area (Å²) >= 11 is 0. The molecule has 9 nitrogen and oxygen atoms in total. The summed E-state index contributed by atoms with van der Waals surface area (Å²) in [6, 6.07) is 10.3. The van der Waals surface area contributed by atoms with Gasteiger partial charge in [-0.05, 0) is 12.5 Å². The summed E-state index contributed by atoms with van der Waals surface area (Å²) < 4.78 is 8.80. The van der Waals surface area contributed by atoms with E-state index in [0.717, 1.165) is 32.7 Å². The number of hydrogen-bond acceptors (Lipinski definition) is 6. The van der Waals surface area contributed by atoms with Gasteiger partial charge in [-0.25, -0.2) is 4.79 Å². The van der Waals surface area contributed by atoms with Crippen LogP contribution < -0.4 is 16.1 Å². The van der Waals surface area contributed by atoms with Crippen LogP contribution in [0.2, 0.25) is 0 Å². The zero-order chi connectivity index (χ0) is 22.5. The minimum Gasteiger partial charge on any atom is -0.380 e. The molecule has 2 aromatic heterocycles. The van der Waals surface area contributed by atoms with Crippen molar-refractivity contribution in [2.45, 2.75) is 13.5 Å². The molecule has 3 heterocycles. The summed E-state index contributed by atoms with van der Waals surface area (Å²) in [5, 5.41) is 0. The zero-order valence-corrected chi connectivity index (χ0v) is 18.7. The third kappa shape index (κ3) is 4.68. The number of anilines is 1. The Morgan fingerprint density at radius 2 is 1.88 bits per heavy atom. The second kappa shape index (κ2) is 9.97. The first kappa shape index (κ1) is 22.0. The van der Waals surface area contributed by atoms with Gasteiger partial charge in [-0.2, -0.15) is 4.98 Å². The van der Waals surface area contributed by atoms with Crippen LogP contribution in [0.1, 0.15) is 12.5 Å². The van der Waals surface area contributed by atoms with Crippen LogP contribution in [-0.4, -0.2) is 69.9 Å². The number of piperazine rings is 1. The number of fused-ring (bicyclic) bond motifs is 1. The Kier molecular flexibility index (Phi) is 6.87. The number of hydrogen-bond donors (Lipinski definition) is 1. The van der Waals surface area contributed by atoms with E-state index in [9.17, 15) is 9.59 Å². The van der Waals surface area contributed by atoms with Gasteiger partial charge in [0.1, 0.15) is 0 Å². The van der Waals surface area contributed by atoms with Crippen LogP contribution in [0.5, 0.6) is 0 Å². The van der Waals surface area contributed by atoms with E-state index in [1.807, 2.05) is 29.7 Å². The van der Waals surface area contributed by atoms with Crippen molar-refractivity contribution in [3.63, 3.8) is 0 Å². The molecule has 3 aromatic rings. The van der Waals surface area contributed by atoms with Crippen LogP contribution in [0.25, 0.3) is 17.2 Å². The molecule has 0 unspecified atom stereocenters. The van der Waals surface area contributed by atoms with Crippen LogP contribution in [0, 0.1) is 0 Å². The number of imidazole rings is 1. The van der Waals surface area contributed by atoms with E-state index in [-0.39, 0.29) is 0 Å². The Morgan fingerprint density at radius 3 is 2.59 bits per heavy atom. The number of H-pyrrole nitrogens is 1. The Labute approximate surface area is 186 Å². The predicted octanol–water partition coefficient (Wildman–Crippen LogP) is 1.30. The van der Waals surface area contributed by atoms with E-state index in [0.29, 0.717) is 36.9 Å². The van der Waals surface area contributed by atoms with E-state index < -0.39 is 11.2 Å². The number of ether oxygens (including phenoxy) is 1. The van der Waals surface area contributed by atoms with Crippen LogP contribution >= 0.6 is 0 Å². The number of rotatable bonds is 8. The molecule has 0 radical (unpaired) electrons. The third-order valence-corrected chi connectivity index (χ3v) is 5.78. The Balaban J connectivity index is 1.51. The SMILES string of the molecule is CCOCCn1c(N2CCN(C/C=C\c3ccccc3)CC2)nc2c1c(=O)[nH]c(=O)n2C. The lowest BCUT2D eigenvalue weighted by atomic mass is 10.2. The number of nitrogens with zero attached hydrogens (tertiary/aromatic N) is 5. The van der Waals surface area contributed by atoms with E-state index >= 15 is 0 Å². The molecule has 1 fully saturated rings. The minimum atomic E-state index is -0.460. The molecule has 1 aliphatic rings. The van der Waals surface area contributed by atoms with Crippen LogP contribution in [0.4, 0.5) is 5.95 Å². The van der Waals surface area contributed by atoms with Crippen molar-refractivity contribution in [1.29, 1.82) is 0 Å². The Morgan fingerprint density at radius 1 is 1.12 bits per heavy atom.